The summed E-state index contributed by atoms with van der Waals surface area (Å²) in [5.41, 5.74) is 10.8. The normalized spacial score (nSPS) is 14.2. The molecule has 0 spiro atoms. The first kappa shape index (κ1) is 11.6. The molecular formula is C12H17N5. The summed E-state index contributed by atoms with van der Waals surface area (Å²) in [7, 11) is 2.12. The van der Waals surface area contributed by atoms with Crippen molar-refractivity contribution in [3.63, 3.8) is 0 Å². The third-order valence-electron chi connectivity index (χ3n) is 3.09. The lowest BCUT2D eigenvalue weighted by Crippen LogP contribution is -2.39. The Kier molecular flexibility index (Phi) is 3.73. The van der Waals surface area contributed by atoms with Gasteiger partial charge in [-0.2, -0.15) is 0 Å². The quantitative estimate of drug-likeness (QED) is 0.346. The third kappa shape index (κ3) is 2.63. The number of fused-ring (bicyclic) bond motifs is 1. The van der Waals surface area contributed by atoms with Crippen LogP contribution in [0.15, 0.2) is 29.4 Å². The highest BCUT2D eigenvalue weighted by Crippen LogP contribution is 2.31. The van der Waals surface area contributed by atoms with Crippen LogP contribution in [0.25, 0.3) is 10.4 Å². The Balaban J connectivity index is 2.05. The molecule has 0 aliphatic carbocycles. The number of hydrogen-bond donors (Lipinski definition) is 0. The van der Waals surface area contributed by atoms with Crippen LogP contribution >= 0.6 is 0 Å². The largest absolute Gasteiger partial charge is 0.371 e. The van der Waals surface area contributed by atoms with Crippen molar-refractivity contribution in [2.24, 2.45) is 5.11 Å². The lowest BCUT2D eigenvalue weighted by molar-refractivity contribution is 0.700. The second-order valence-corrected chi connectivity index (χ2v) is 4.21. The fraction of sp³-hybridized carbons (Fsp3) is 0.500. The van der Waals surface area contributed by atoms with Crippen molar-refractivity contribution < 1.29 is 0 Å². The molecule has 0 bridgehead atoms. The molecule has 0 saturated heterocycles. The molecule has 0 unspecified atom stereocenters. The molecule has 0 fully saturated rings. The van der Waals surface area contributed by atoms with Crippen molar-refractivity contribution in [1.29, 1.82) is 0 Å². The van der Waals surface area contributed by atoms with Crippen molar-refractivity contribution in [3.05, 3.63) is 34.7 Å². The van der Waals surface area contributed by atoms with Crippen molar-refractivity contribution >= 4 is 11.4 Å². The number of rotatable bonds is 4. The summed E-state index contributed by atoms with van der Waals surface area (Å²) in [5, 5.41) is 3.57. The number of nitrogens with zero attached hydrogens (tertiary/aromatic N) is 5. The van der Waals surface area contributed by atoms with E-state index >= 15 is 0 Å². The number of azide groups is 1. The highest BCUT2D eigenvalue weighted by Gasteiger charge is 2.18. The molecule has 5 nitrogen and oxygen atoms in total. The first-order valence-corrected chi connectivity index (χ1v) is 5.89. The molecule has 1 aromatic rings. The monoisotopic (exact) mass is 231 g/mol. The van der Waals surface area contributed by atoms with Crippen LogP contribution < -0.4 is 9.80 Å². The highest BCUT2D eigenvalue weighted by atomic mass is 15.2. The van der Waals surface area contributed by atoms with Gasteiger partial charge in [-0.15, -0.1) is 0 Å². The van der Waals surface area contributed by atoms with Gasteiger partial charge in [0.15, 0.2) is 0 Å². The Labute approximate surface area is 101 Å². The van der Waals surface area contributed by atoms with Crippen molar-refractivity contribution in [1.82, 2.24) is 0 Å². The molecule has 1 heterocycles. The van der Waals surface area contributed by atoms with Crippen molar-refractivity contribution in [3.8, 4) is 0 Å². The first-order valence-electron chi connectivity index (χ1n) is 5.89. The van der Waals surface area contributed by atoms with Gasteiger partial charge in [0, 0.05) is 38.1 Å². The van der Waals surface area contributed by atoms with Crippen LogP contribution in [0.2, 0.25) is 0 Å². The molecule has 0 aromatic heterocycles. The molecule has 17 heavy (non-hydrogen) atoms. The Morgan fingerprint density at radius 2 is 2.06 bits per heavy atom. The van der Waals surface area contributed by atoms with Crippen LogP contribution in [0.4, 0.5) is 11.4 Å². The fourth-order valence-electron chi connectivity index (χ4n) is 2.18. The summed E-state index contributed by atoms with van der Waals surface area (Å²) in [6, 6.07) is 8.44. The lowest BCUT2D eigenvalue weighted by Gasteiger charge is -2.37. The summed E-state index contributed by atoms with van der Waals surface area (Å²) in [4.78, 5) is 7.41. The van der Waals surface area contributed by atoms with E-state index in [1.54, 1.807) is 0 Å². The number of anilines is 2. The van der Waals surface area contributed by atoms with Crippen LogP contribution in [0.3, 0.4) is 0 Å². The number of hydrogen-bond acceptors (Lipinski definition) is 3. The Bertz CT molecular complexity index is 425. The van der Waals surface area contributed by atoms with E-state index in [-0.39, 0.29) is 0 Å². The average Bonchev–Trinajstić information content (AvgIpc) is 2.37. The van der Waals surface area contributed by atoms with Crippen LogP contribution in [0, 0.1) is 0 Å². The maximum Gasteiger partial charge on any atom is 0.0604 e. The molecule has 2 rings (SSSR count). The SMILES string of the molecule is CN1CCN(CCCN=[N+]=[N-])c2ccccc21. The zero-order valence-corrected chi connectivity index (χ0v) is 10.1. The minimum atomic E-state index is 0.574. The molecule has 0 saturated carbocycles. The molecular weight excluding hydrogens is 214 g/mol. The lowest BCUT2D eigenvalue weighted by atomic mass is 10.1. The van der Waals surface area contributed by atoms with E-state index in [0.29, 0.717) is 6.54 Å². The summed E-state index contributed by atoms with van der Waals surface area (Å²) in [6.45, 7) is 3.59. The van der Waals surface area contributed by atoms with Gasteiger partial charge in [-0.3, -0.25) is 0 Å². The summed E-state index contributed by atoms with van der Waals surface area (Å²) >= 11 is 0. The second-order valence-electron chi connectivity index (χ2n) is 4.21. The van der Waals surface area contributed by atoms with Crippen molar-refractivity contribution in [2.75, 3.05) is 43.0 Å². The Hall–Kier alpha value is -1.87. The number of para-hydroxylation sites is 2. The van der Waals surface area contributed by atoms with Crippen LogP contribution in [0.1, 0.15) is 6.42 Å². The minimum absolute atomic E-state index is 0.574. The minimum Gasteiger partial charge on any atom is -0.371 e. The van der Waals surface area contributed by atoms with Gasteiger partial charge < -0.3 is 9.80 Å². The van der Waals surface area contributed by atoms with Gasteiger partial charge in [-0.1, -0.05) is 17.2 Å². The Morgan fingerprint density at radius 1 is 1.29 bits per heavy atom. The van der Waals surface area contributed by atoms with E-state index in [1.165, 1.54) is 11.4 Å². The van der Waals surface area contributed by atoms with Gasteiger partial charge in [-0.25, -0.2) is 0 Å². The van der Waals surface area contributed by atoms with Gasteiger partial charge in [0.2, 0.25) is 0 Å². The van der Waals surface area contributed by atoms with Crippen LogP contribution in [-0.2, 0) is 0 Å². The van der Waals surface area contributed by atoms with E-state index in [9.17, 15) is 0 Å². The van der Waals surface area contributed by atoms with E-state index in [0.717, 1.165) is 26.1 Å². The van der Waals surface area contributed by atoms with E-state index in [4.69, 9.17) is 5.53 Å². The second kappa shape index (κ2) is 5.46. The molecule has 5 heteroatoms. The molecule has 0 amide bonds. The topological polar surface area (TPSA) is 55.2 Å². The van der Waals surface area contributed by atoms with Crippen LogP contribution in [-0.4, -0.2) is 33.2 Å². The van der Waals surface area contributed by atoms with E-state index < -0.39 is 0 Å². The third-order valence-corrected chi connectivity index (χ3v) is 3.09. The molecule has 90 valence electrons. The molecule has 0 radical (unpaired) electrons. The molecule has 0 atom stereocenters. The predicted octanol–water partition coefficient (Wildman–Crippen LogP) is 2.64. The van der Waals surface area contributed by atoms with Crippen LogP contribution in [0.5, 0.6) is 0 Å². The maximum atomic E-state index is 8.23. The fourth-order valence-corrected chi connectivity index (χ4v) is 2.18. The highest BCUT2D eigenvalue weighted by molar-refractivity contribution is 5.72. The van der Waals surface area contributed by atoms with Gasteiger partial charge in [-0.05, 0) is 24.1 Å². The maximum absolute atomic E-state index is 8.23. The molecule has 1 aromatic carbocycles. The zero-order chi connectivity index (χ0) is 12.1. The smallest absolute Gasteiger partial charge is 0.0604 e. The standard InChI is InChI=1S/C12H17N5/c1-16-9-10-17(8-4-7-14-15-13)12-6-3-2-5-11(12)16/h2-3,5-6H,4,7-10H2,1H3. The summed E-state index contributed by atoms with van der Waals surface area (Å²) in [5.74, 6) is 0. The van der Waals surface area contributed by atoms with Gasteiger partial charge >= 0.3 is 0 Å². The molecule has 1 aliphatic heterocycles. The Morgan fingerprint density at radius 3 is 2.82 bits per heavy atom. The van der Waals surface area contributed by atoms with Crippen molar-refractivity contribution in [2.45, 2.75) is 6.42 Å². The predicted molar refractivity (Wildman–Crippen MR) is 70.6 cm³/mol. The number of benzene rings is 1. The molecule has 0 N–H and O–H groups in total. The van der Waals surface area contributed by atoms with Gasteiger partial charge in [0.25, 0.3) is 0 Å². The summed E-state index contributed by atoms with van der Waals surface area (Å²) in [6.07, 6.45) is 0.905. The first-order chi connectivity index (χ1) is 8.33. The molecule has 1 aliphatic rings. The number of likely N-dealkylation sites (N-methyl/N-ethyl adjacent to an activating group) is 1. The van der Waals surface area contributed by atoms with Gasteiger partial charge in [0.05, 0.1) is 11.4 Å². The van der Waals surface area contributed by atoms with E-state index in [1.807, 2.05) is 0 Å². The summed E-state index contributed by atoms with van der Waals surface area (Å²) < 4.78 is 0. The zero-order valence-electron chi connectivity index (χ0n) is 10.1. The van der Waals surface area contributed by atoms with Gasteiger partial charge in [0.1, 0.15) is 0 Å². The average molecular weight is 231 g/mol. The van der Waals surface area contributed by atoms with E-state index in [2.05, 4.69) is 51.1 Å².